The van der Waals surface area contributed by atoms with Crippen molar-refractivity contribution in [2.24, 2.45) is 0 Å². The first kappa shape index (κ1) is 13.8. The van der Waals surface area contributed by atoms with Gasteiger partial charge in [0.15, 0.2) is 0 Å². The topological polar surface area (TPSA) is 41.1 Å². The molecule has 0 heterocycles. The van der Waals surface area contributed by atoms with E-state index in [4.69, 9.17) is 6.42 Å². The predicted octanol–water partition coefficient (Wildman–Crippen LogP) is 2.02. The SMILES string of the molecule is C#Cc1ccc(NCCCNC(=O)CI)cc1. The van der Waals surface area contributed by atoms with Crippen LogP contribution in [0, 0.1) is 12.3 Å². The highest BCUT2D eigenvalue weighted by Crippen LogP contribution is 2.08. The second kappa shape index (κ2) is 7.96. The normalized spacial score (nSPS) is 9.41. The second-order valence-electron chi connectivity index (χ2n) is 3.49. The molecule has 2 N–H and O–H groups in total. The molecule has 0 unspecified atom stereocenters. The lowest BCUT2D eigenvalue weighted by Gasteiger charge is -2.07. The highest BCUT2D eigenvalue weighted by atomic mass is 127. The van der Waals surface area contributed by atoms with Crippen molar-refractivity contribution in [2.45, 2.75) is 6.42 Å². The molecule has 3 nitrogen and oxygen atoms in total. The van der Waals surface area contributed by atoms with Crippen LogP contribution in [0.4, 0.5) is 5.69 Å². The number of nitrogens with one attached hydrogen (secondary N) is 2. The van der Waals surface area contributed by atoms with E-state index < -0.39 is 0 Å². The maximum absolute atomic E-state index is 11.0. The minimum absolute atomic E-state index is 0.0870. The summed E-state index contributed by atoms with van der Waals surface area (Å²) in [5, 5.41) is 6.09. The summed E-state index contributed by atoms with van der Waals surface area (Å²) in [6, 6.07) is 7.72. The summed E-state index contributed by atoms with van der Waals surface area (Å²) in [5.74, 6) is 2.66. The number of rotatable bonds is 6. The van der Waals surface area contributed by atoms with Crippen LogP contribution in [0.2, 0.25) is 0 Å². The smallest absolute Gasteiger partial charge is 0.229 e. The van der Waals surface area contributed by atoms with E-state index in [-0.39, 0.29) is 5.91 Å². The molecule has 0 saturated heterocycles. The summed E-state index contributed by atoms with van der Waals surface area (Å²) in [6.07, 6.45) is 6.17. The van der Waals surface area contributed by atoms with E-state index >= 15 is 0 Å². The minimum atomic E-state index is 0.0870. The molecular formula is C13H15IN2O. The number of terminal acetylenes is 1. The molecule has 1 amide bonds. The van der Waals surface area contributed by atoms with Gasteiger partial charge in [0.2, 0.25) is 5.91 Å². The summed E-state index contributed by atoms with van der Waals surface area (Å²) < 4.78 is 0.513. The van der Waals surface area contributed by atoms with Gasteiger partial charge in [0.1, 0.15) is 0 Å². The van der Waals surface area contributed by atoms with E-state index in [0.717, 1.165) is 24.2 Å². The fourth-order valence-electron chi connectivity index (χ4n) is 1.28. The van der Waals surface area contributed by atoms with Crippen LogP contribution in [0.1, 0.15) is 12.0 Å². The van der Waals surface area contributed by atoms with E-state index in [0.29, 0.717) is 11.0 Å². The molecular weight excluding hydrogens is 327 g/mol. The van der Waals surface area contributed by atoms with Crippen LogP contribution >= 0.6 is 22.6 Å². The first-order chi connectivity index (χ1) is 8.26. The van der Waals surface area contributed by atoms with Gasteiger partial charge in [-0.05, 0) is 30.7 Å². The Balaban J connectivity index is 2.18. The van der Waals surface area contributed by atoms with Crippen LogP contribution in [-0.2, 0) is 4.79 Å². The monoisotopic (exact) mass is 342 g/mol. The minimum Gasteiger partial charge on any atom is -0.385 e. The van der Waals surface area contributed by atoms with Gasteiger partial charge in [-0.15, -0.1) is 6.42 Å². The highest BCUT2D eigenvalue weighted by molar-refractivity contribution is 14.1. The van der Waals surface area contributed by atoms with Gasteiger partial charge in [-0.2, -0.15) is 0 Å². The van der Waals surface area contributed by atoms with Gasteiger partial charge in [-0.25, -0.2) is 0 Å². The summed E-state index contributed by atoms with van der Waals surface area (Å²) in [7, 11) is 0. The molecule has 0 aromatic heterocycles. The molecule has 0 saturated carbocycles. The van der Waals surface area contributed by atoms with E-state index in [1.165, 1.54) is 0 Å². The number of carbonyl (C=O) groups is 1. The van der Waals surface area contributed by atoms with Gasteiger partial charge in [0, 0.05) is 24.3 Å². The van der Waals surface area contributed by atoms with Crippen molar-refractivity contribution in [1.82, 2.24) is 5.32 Å². The number of carbonyl (C=O) groups excluding carboxylic acids is 1. The Morgan fingerprint density at radius 3 is 2.59 bits per heavy atom. The average molecular weight is 342 g/mol. The van der Waals surface area contributed by atoms with Crippen LogP contribution in [-0.4, -0.2) is 23.4 Å². The fraction of sp³-hybridized carbons (Fsp3) is 0.308. The Hall–Kier alpha value is -1.22. The molecule has 0 aliphatic carbocycles. The van der Waals surface area contributed by atoms with Crippen LogP contribution in [0.3, 0.4) is 0 Å². The number of hydrogen-bond acceptors (Lipinski definition) is 2. The number of hydrogen-bond donors (Lipinski definition) is 2. The molecule has 0 bridgehead atoms. The number of halogens is 1. The molecule has 0 radical (unpaired) electrons. The van der Waals surface area contributed by atoms with E-state index in [1.54, 1.807) is 0 Å². The number of amides is 1. The predicted molar refractivity (Wildman–Crippen MR) is 79.4 cm³/mol. The zero-order valence-electron chi connectivity index (χ0n) is 9.50. The Morgan fingerprint density at radius 1 is 1.29 bits per heavy atom. The Kier molecular flexibility index (Phi) is 6.48. The quantitative estimate of drug-likeness (QED) is 0.360. The van der Waals surface area contributed by atoms with Crippen molar-refractivity contribution in [1.29, 1.82) is 0 Å². The lowest BCUT2D eigenvalue weighted by molar-refractivity contribution is -0.118. The number of anilines is 1. The van der Waals surface area contributed by atoms with Crippen molar-refractivity contribution in [2.75, 3.05) is 22.8 Å². The van der Waals surface area contributed by atoms with Crippen molar-refractivity contribution in [3.63, 3.8) is 0 Å². The summed E-state index contributed by atoms with van der Waals surface area (Å²) in [4.78, 5) is 11.0. The van der Waals surface area contributed by atoms with Gasteiger partial charge >= 0.3 is 0 Å². The van der Waals surface area contributed by atoms with E-state index in [9.17, 15) is 4.79 Å². The first-order valence-corrected chi connectivity index (χ1v) is 6.92. The van der Waals surface area contributed by atoms with Gasteiger partial charge in [-0.3, -0.25) is 4.79 Å². The molecule has 0 aliphatic rings. The summed E-state index contributed by atoms with van der Waals surface area (Å²) in [5.41, 5.74) is 1.93. The molecule has 0 fully saturated rings. The maximum atomic E-state index is 11.0. The highest BCUT2D eigenvalue weighted by Gasteiger charge is 1.96. The van der Waals surface area contributed by atoms with Crippen molar-refractivity contribution in [3.05, 3.63) is 29.8 Å². The average Bonchev–Trinajstić information content (AvgIpc) is 2.38. The standard InChI is InChI=1S/C13H15IN2O/c1-2-11-4-6-12(7-5-11)15-8-3-9-16-13(17)10-14/h1,4-7,15H,3,8-10H2,(H,16,17). The largest absolute Gasteiger partial charge is 0.385 e. The van der Waals surface area contributed by atoms with Crippen LogP contribution in [0.25, 0.3) is 0 Å². The van der Waals surface area contributed by atoms with Gasteiger partial charge in [-0.1, -0.05) is 28.5 Å². The maximum Gasteiger partial charge on any atom is 0.229 e. The summed E-state index contributed by atoms with van der Waals surface area (Å²) in [6.45, 7) is 1.54. The molecule has 1 rings (SSSR count). The Bertz CT molecular complexity index is 395. The Labute approximate surface area is 116 Å². The molecule has 4 heteroatoms. The summed E-state index contributed by atoms with van der Waals surface area (Å²) >= 11 is 2.05. The van der Waals surface area contributed by atoms with Gasteiger partial charge in [0.25, 0.3) is 0 Å². The molecule has 0 aliphatic heterocycles. The van der Waals surface area contributed by atoms with Gasteiger partial charge < -0.3 is 10.6 Å². The lowest BCUT2D eigenvalue weighted by atomic mass is 10.2. The molecule has 90 valence electrons. The molecule has 17 heavy (non-hydrogen) atoms. The third-order valence-electron chi connectivity index (χ3n) is 2.18. The Morgan fingerprint density at radius 2 is 2.00 bits per heavy atom. The van der Waals surface area contributed by atoms with Crippen LogP contribution < -0.4 is 10.6 Å². The fourth-order valence-corrected chi connectivity index (χ4v) is 1.55. The third-order valence-corrected chi connectivity index (χ3v) is 2.87. The molecule has 1 aromatic carbocycles. The zero-order chi connectivity index (χ0) is 12.5. The van der Waals surface area contributed by atoms with Crippen molar-refractivity contribution >= 4 is 34.2 Å². The van der Waals surface area contributed by atoms with Crippen LogP contribution in [0.15, 0.2) is 24.3 Å². The second-order valence-corrected chi connectivity index (χ2v) is 4.25. The van der Waals surface area contributed by atoms with Crippen molar-refractivity contribution in [3.8, 4) is 12.3 Å². The number of alkyl halides is 1. The third kappa shape index (κ3) is 5.59. The van der Waals surface area contributed by atoms with Crippen LogP contribution in [0.5, 0.6) is 0 Å². The number of benzene rings is 1. The van der Waals surface area contributed by atoms with E-state index in [1.807, 2.05) is 46.9 Å². The van der Waals surface area contributed by atoms with E-state index in [2.05, 4.69) is 16.6 Å². The zero-order valence-corrected chi connectivity index (χ0v) is 11.7. The molecule has 0 spiro atoms. The first-order valence-electron chi connectivity index (χ1n) is 5.39. The van der Waals surface area contributed by atoms with Crippen molar-refractivity contribution < 1.29 is 4.79 Å². The molecule has 1 aromatic rings. The van der Waals surface area contributed by atoms with Gasteiger partial charge in [0.05, 0.1) is 4.43 Å². The molecule has 0 atom stereocenters. The lowest BCUT2D eigenvalue weighted by Crippen LogP contribution is -2.26.